The number of carbonyl (C=O) groups is 1. The van der Waals surface area contributed by atoms with Gasteiger partial charge in [0, 0.05) is 6.04 Å². The van der Waals surface area contributed by atoms with Gasteiger partial charge in [-0.3, -0.25) is 4.79 Å². The topological polar surface area (TPSA) is 41.1 Å². The van der Waals surface area contributed by atoms with Crippen molar-refractivity contribution in [1.82, 2.24) is 10.6 Å². The first-order valence-electron chi connectivity index (χ1n) is 7.04. The fourth-order valence-corrected chi connectivity index (χ4v) is 2.86. The molecular weight excluding hydrogens is 212 g/mol. The maximum atomic E-state index is 11.8. The van der Waals surface area contributed by atoms with E-state index in [0.29, 0.717) is 24.4 Å². The second-order valence-corrected chi connectivity index (χ2v) is 5.78. The van der Waals surface area contributed by atoms with Crippen molar-refractivity contribution in [3.05, 3.63) is 0 Å². The second kappa shape index (κ2) is 7.00. The molecule has 100 valence electrons. The molecule has 0 radical (unpaired) electrons. The highest BCUT2D eigenvalue weighted by Gasteiger charge is 2.31. The Labute approximate surface area is 106 Å². The van der Waals surface area contributed by atoms with Crippen LogP contribution in [0.1, 0.15) is 47.0 Å². The van der Waals surface area contributed by atoms with E-state index in [9.17, 15) is 4.79 Å². The van der Waals surface area contributed by atoms with Gasteiger partial charge in [-0.2, -0.15) is 0 Å². The van der Waals surface area contributed by atoms with Gasteiger partial charge < -0.3 is 10.6 Å². The summed E-state index contributed by atoms with van der Waals surface area (Å²) in [5.74, 6) is 2.20. The summed E-state index contributed by atoms with van der Waals surface area (Å²) in [5, 5.41) is 6.29. The normalized spacial score (nSPS) is 29.4. The number of hydrogen-bond acceptors (Lipinski definition) is 2. The quantitative estimate of drug-likeness (QED) is 0.773. The summed E-state index contributed by atoms with van der Waals surface area (Å²) in [6.07, 6.45) is 3.70. The Morgan fingerprint density at radius 1 is 1.35 bits per heavy atom. The third-order valence-corrected chi connectivity index (χ3v) is 3.90. The van der Waals surface area contributed by atoms with Gasteiger partial charge in [-0.1, -0.05) is 34.1 Å². The summed E-state index contributed by atoms with van der Waals surface area (Å²) in [5.41, 5.74) is 0. The molecular formula is C14H28N2O. The van der Waals surface area contributed by atoms with E-state index in [4.69, 9.17) is 0 Å². The van der Waals surface area contributed by atoms with Crippen LogP contribution < -0.4 is 10.6 Å². The Morgan fingerprint density at radius 3 is 2.65 bits per heavy atom. The number of amides is 1. The molecule has 0 aromatic carbocycles. The Balaban J connectivity index is 2.48. The lowest BCUT2D eigenvalue weighted by Crippen LogP contribution is -2.48. The Morgan fingerprint density at radius 2 is 2.06 bits per heavy atom. The van der Waals surface area contributed by atoms with Crippen molar-refractivity contribution in [2.75, 3.05) is 13.1 Å². The fraction of sp³-hybridized carbons (Fsp3) is 0.929. The Bertz CT molecular complexity index is 240. The van der Waals surface area contributed by atoms with Gasteiger partial charge in [0.25, 0.3) is 0 Å². The van der Waals surface area contributed by atoms with Crippen LogP contribution in [0.4, 0.5) is 0 Å². The minimum absolute atomic E-state index is 0.150. The summed E-state index contributed by atoms with van der Waals surface area (Å²) in [6.45, 7) is 10.1. The molecule has 17 heavy (non-hydrogen) atoms. The van der Waals surface area contributed by atoms with Crippen LogP contribution in [0.5, 0.6) is 0 Å². The molecule has 1 aliphatic carbocycles. The van der Waals surface area contributed by atoms with Gasteiger partial charge in [0.05, 0.1) is 6.54 Å². The lowest BCUT2D eigenvalue weighted by molar-refractivity contribution is -0.121. The molecule has 1 rings (SSSR count). The highest BCUT2D eigenvalue weighted by Crippen LogP contribution is 2.33. The van der Waals surface area contributed by atoms with Crippen molar-refractivity contribution >= 4 is 5.91 Å². The summed E-state index contributed by atoms with van der Waals surface area (Å²) >= 11 is 0. The molecule has 0 bridgehead atoms. The van der Waals surface area contributed by atoms with Crippen LogP contribution in [0.3, 0.4) is 0 Å². The lowest BCUT2D eigenvalue weighted by atomic mass is 9.74. The molecule has 1 fully saturated rings. The first kappa shape index (κ1) is 14.5. The summed E-state index contributed by atoms with van der Waals surface area (Å²) < 4.78 is 0. The lowest BCUT2D eigenvalue weighted by Gasteiger charge is -2.37. The van der Waals surface area contributed by atoms with Crippen LogP contribution in [0.15, 0.2) is 0 Å². The number of likely N-dealkylation sites (N-methyl/N-ethyl adjacent to an activating group) is 1. The average molecular weight is 240 g/mol. The Kier molecular flexibility index (Phi) is 5.96. The van der Waals surface area contributed by atoms with E-state index in [0.717, 1.165) is 18.9 Å². The summed E-state index contributed by atoms with van der Waals surface area (Å²) in [7, 11) is 0. The molecule has 1 aliphatic rings. The molecule has 0 heterocycles. The maximum absolute atomic E-state index is 11.8. The van der Waals surface area contributed by atoms with Gasteiger partial charge in [0.1, 0.15) is 0 Å². The van der Waals surface area contributed by atoms with E-state index in [2.05, 4.69) is 31.4 Å². The first-order valence-corrected chi connectivity index (χ1v) is 7.04. The molecule has 3 atom stereocenters. The van der Waals surface area contributed by atoms with Crippen LogP contribution in [0.25, 0.3) is 0 Å². The average Bonchev–Trinajstić information content (AvgIpc) is 2.26. The molecule has 0 aliphatic heterocycles. The fourth-order valence-electron chi connectivity index (χ4n) is 2.86. The van der Waals surface area contributed by atoms with Crippen molar-refractivity contribution in [2.45, 2.75) is 53.0 Å². The predicted octanol–water partition coefficient (Wildman–Crippen LogP) is 2.17. The largest absolute Gasteiger partial charge is 0.352 e. The molecule has 1 amide bonds. The number of carbonyl (C=O) groups excluding carboxylic acids is 1. The molecule has 1 saturated carbocycles. The number of hydrogen-bond donors (Lipinski definition) is 2. The first-order chi connectivity index (χ1) is 8.04. The minimum Gasteiger partial charge on any atom is -0.352 e. The molecule has 0 saturated heterocycles. The highest BCUT2D eigenvalue weighted by molar-refractivity contribution is 5.78. The molecule has 0 aromatic heterocycles. The zero-order chi connectivity index (χ0) is 12.8. The van der Waals surface area contributed by atoms with Gasteiger partial charge in [-0.25, -0.2) is 0 Å². The van der Waals surface area contributed by atoms with E-state index in [1.54, 1.807) is 0 Å². The standard InChI is InChI=1S/C14H28N2O/c1-5-15-9-14(17)16-13-8-11(4)6-7-12(13)10(2)3/h10-13,15H,5-9H2,1-4H3,(H,16,17). The van der Waals surface area contributed by atoms with E-state index in [1.165, 1.54) is 12.8 Å². The van der Waals surface area contributed by atoms with Crippen LogP contribution in [-0.2, 0) is 4.79 Å². The van der Waals surface area contributed by atoms with Gasteiger partial charge >= 0.3 is 0 Å². The van der Waals surface area contributed by atoms with Crippen molar-refractivity contribution in [3.8, 4) is 0 Å². The van der Waals surface area contributed by atoms with E-state index in [1.807, 2.05) is 6.92 Å². The monoisotopic (exact) mass is 240 g/mol. The van der Waals surface area contributed by atoms with E-state index >= 15 is 0 Å². The third kappa shape index (κ3) is 4.66. The molecule has 3 nitrogen and oxygen atoms in total. The van der Waals surface area contributed by atoms with Gasteiger partial charge in [-0.05, 0) is 37.1 Å². The molecule has 0 spiro atoms. The maximum Gasteiger partial charge on any atom is 0.234 e. The highest BCUT2D eigenvalue weighted by atomic mass is 16.1. The van der Waals surface area contributed by atoms with Crippen LogP contribution in [0, 0.1) is 17.8 Å². The van der Waals surface area contributed by atoms with Crippen LogP contribution in [-0.4, -0.2) is 25.0 Å². The van der Waals surface area contributed by atoms with E-state index in [-0.39, 0.29) is 5.91 Å². The van der Waals surface area contributed by atoms with Gasteiger partial charge in [-0.15, -0.1) is 0 Å². The third-order valence-electron chi connectivity index (χ3n) is 3.90. The zero-order valence-corrected chi connectivity index (χ0v) is 11.8. The molecule has 0 aromatic rings. The number of rotatable bonds is 5. The van der Waals surface area contributed by atoms with E-state index < -0.39 is 0 Å². The van der Waals surface area contributed by atoms with Crippen molar-refractivity contribution in [3.63, 3.8) is 0 Å². The smallest absolute Gasteiger partial charge is 0.234 e. The zero-order valence-electron chi connectivity index (χ0n) is 11.8. The second-order valence-electron chi connectivity index (χ2n) is 5.78. The summed E-state index contributed by atoms with van der Waals surface area (Å²) in [4.78, 5) is 11.8. The SMILES string of the molecule is CCNCC(=O)NC1CC(C)CCC1C(C)C. The van der Waals surface area contributed by atoms with Crippen LogP contribution in [0.2, 0.25) is 0 Å². The van der Waals surface area contributed by atoms with Gasteiger partial charge in [0.15, 0.2) is 0 Å². The van der Waals surface area contributed by atoms with Gasteiger partial charge in [0.2, 0.25) is 5.91 Å². The molecule has 3 unspecified atom stereocenters. The molecule has 2 N–H and O–H groups in total. The van der Waals surface area contributed by atoms with Crippen molar-refractivity contribution in [1.29, 1.82) is 0 Å². The predicted molar refractivity (Wildman–Crippen MR) is 71.8 cm³/mol. The minimum atomic E-state index is 0.150. The summed E-state index contributed by atoms with van der Waals surface area (Å²) in [6, 6.07) is 0.380. The van der Waals surface area contributed by atoms with Crippen molar-refractivity contribution < 1.29 is 4.79 Å². The molecule has 3 heteroatoms. The van der Waals surface area contributed by atoms with Crippen LogP contribution >= 0.6 is 0 Å². The number of nitrogens with one attached hydrogen (secondary N) is 2. The van der Waals surface area contributed by atoms with Crippen molar-refractivity contribution in [2.24, 2.45) is 17.8 Å². The Hall–Kier alpha value is -0.570.